The van der Waals surface area contributed by atoms with E-state index >= 15 is 0 Å². The normalized spacial score (nSPS) is 25.9. The predicted molar refractivity (Wildman–Crippen MR) is 98.5 cm³/mol. The van der Waals surface area contributed by atoms with Crippen molar-refractivity contribution in [3.05, 3.63) is 52.3 Å². The van der Waals surface area contributed by atoms with Gasteiger partial charge in [0.05, 0.1) is 5.69 Å². The predicted octanol–water partition coefficient (Wildman–Crippen LogP) is 1.02. The largest absolute Gasteiger partial charge is 0.383 e. The first-order valence-corrected chi connectivity index (χ1v) is 9.06. The Morgan fingerprint density at radius 2 is 2.04 bits per heavy atom. The number of fused-ring (bicyclic) bond motifs is 1. The molecule has 6 nitrogen and oxygen atoms in total. The first-order chi connectivity index (χ1) is 12.5. The highest BCUT2D eigenvalue weighted by Gasteiger charge is 2.55. The van der Waals surface area contributed by atoms with Crippen LogP contribution in [0.2, 0.25) is 0 Å². The minimum Gasteiger partial charge on any atom is -0.383 e. The molecule has 1 aromatic carbocycles. The van der Waals surface area contributed by atoms with Gasteiger partial charge in [0.1, 0.15) is 11.6 Å². The van der Waals surface area contributed by atoms with E-state index in [9.17, 15) is 9.18 Å². The number of rotatable bonds is 5. The van der Waals surface area contributed by atoms with Crippen LogP contribution >= 0.6 is 0 Å². The maximum Gasteiger partial charge on any atom is 0.354 e. The van der Waals surface area contributed by atoms with Crippen LogP contribution in [0.1, 0.15) is 12.5 Å². The number of piperidine rings is 1. The summed E-state index contributed by atoms with van der Waals surface area (Å²) in [5.74, 6) is 2.01. The van der Waals surface area contributed by atoms with Crippen molar-refractivity contribution in [2.75, 3.05) is 25.4 Å². The lowest BCUT2D eigenvalue weighted by molar-refractivity contribution is 0.218. The van der Waals surface area contributed by atoms with Gasteiger partial charge in [-0.25, -0.2) is 9.18 Å². The number of hydrogen-bond acceptors (Lipinski definition) is 5. The smallest absolute Gasteiger partial charge is 0.354 e. The number of halogens is 1. The second-order valence-electron chi connectivity index (χ2n) is 7.52. The molecule has 0 radical (unpaired) electrons. The summed E-state index contributed by atoms with van der Waals surface area (Å²) < 4.78 is 15.9. The molecule has 1 saturated carbocycles. The third kappa shape index (κ3) is 3.01. The molecule has 3 unspecified atom stereocenters. The molecule has 3 atom stereocenters. The highest BCUT2D eigenvalue weighted by Crippen LogP contribution is 2.51. The zero-order valence-corrected chi connectivity index (χ0v) is 14.8. The Hall–Kier alpha value is -2.25. The molecule has 1 aliphatic carbocycles. The van der Waals surface area contributed by atoms with Gasteiger partial charge in [-0.2, -0.15) is 4.98 Å². The summed E-state index contributed by atoms with van der Waals surface area (Å²) in [6.45, 7) is 5.07. The van der Waals surface area contributed by atoms with E-state index in [4.69, 9.17) is 11.5 Å². The number of anilines is 1. The molecule has 2 heterocycles. The van der Waals surface area contributed by atoms with Crippen molar-refractivity contribution in [2.45, 2.75) is 19.4 Å². The summed E-state index contributed by atoms with van der Waals surface area (Å²) in [6, 6.07) is 6.68. The van der Waals surface area contributed by atoms with Gasteiger partial charge in [0.25, 0.3) is 0 Å². The summed E-state index contributed by atoms with van der Waals surface area (Å²) in [7, 11) is 0. The molecule has 2 fully saturated rings. The van der Waals surface area contributed by atoms with Gasteiger partial charge >= 0.3 is 5.69 Å². The van der Waals surface area contributed by atoms with Crippen molar-refractivity contribution in [1.82, 2.24) is 14.5 Å². The van der Waals surface area contributed by atoms with Gasteiger partial charge in [0.2, 0.25) is 0 Å². The molecule has 2 aromatic rings. The second-order valence-corrected chi connectivity index (χ2v) is 7.52. The Kier molecular flexibility index (Phi) is 4.28. The standard InChI is InChI=1S/C19H24FN5O/c1-11(24-9-15-14(8-21)16(15)10-24)6-12-2-3-13(7-17(12)20)25-5-4-18(22)23-19(25)26/h2-5,7,11,14-16H,6,8-10,21H2,1H3,(H2,22,23,26). The Morgan fingerprint density at radius 1 is 1.31 bits per heavy atom. The minimum absolute atomic E-state index is 0.151. The lowest BCUT2D eigenvalue weighted by atomic mass is 10.0. The van der Waals surface area contributed by atoms with Crippen LogP contribution in [0, 0.1) is 23.6 Å². The molecule has 1 aromatic heterocycles. The number of nitrogen functional groups attached to an aromatic ring is 1. The van der Waals surface area contributed by atoms with E-state index in [1.807, 2.05) is 0 Å². The quantitative estimate of drug-likeness (QED) is 0.834. The third-order valence-corrected chi connectivity index (χ3v) is 5.95. The van der Waals surface area contributed by atoms with Crippen LogP contribution in [0.15, 0.2) is 35.3 Å². The van der Waals surface area contributed by atoms with Crippen molar-refractivity contribution in [2.24, 2.45) is 23.5 Å². The molecule has 0 spiro atoms. The van der Waals surface area contributed by atoms with Gasteiger partial charge in [-0.1, -0.05) is 6.07 Å². The van der Waals surface area contributed by atoms with Crippen LogP contribution in [0.25, 0.3) is 5.69 Å². The Labute approximate surface area is 151 Å². The van der Waals surface area contributed by atoms with E-state index in [1.54, 1.807) is 12.1 Å². The van der Waals surface area contributed by atoms with Crippen molar-refractivity contribution < 1.29 is 4.39 Å². The summed E-state index contributed by atoms with van der Waals surface area (Å²) in [5, 5.41) is 0. The summed E-state index contributed by atoms with van der Waals surface area (Å²) >= 11 is 0. The summed E-state index contributed by atoms with van der Waals surface area (Å²) in [5.41, 5.74) is 11.9. The molecule has 4 rings (SSSR count). The van der Waals surface area contributed by atoms with Gasteiger partial charge in [0.15, 0.2) is 0 Å². The molecular weight excluding hydrogens is 333 g/mol. The Morgan fingerprint density at radius 3 is 2.65 bits per heavy atom. The number of likely N-dealkylation sites (tertiary alicyclic amines) is 1. The average molecular weight is 357 g/mol. The fourth-order valence-corrected chi connectivity index (χ4v) is 4.30. The van der Waals surface area contributed by atoms with E-state index in [-0.39, 0.29) is 17.7 Å². The first kappa shape index (κ1) is 17.2. The molecule has 2 aliphatic rings. The highest BCUT2D eigenvalue weighted by molar-refractivity contribution is 5.37. The van der Waals surface area contributed by atoms with Crippen LogP contribution in [0.5, 0.6) is 0 Å². The van der Waals surface area contributed by atoms with Crippen LogP contribution in [0.3, 0.4) is 0 Å². The number of aromatic nitrogens is 2. The fourth-order valence-electron chi connectivity index (χ4n) is 4.30. The molecule has 138 valence electrons. The number of hydrogen-bond donors (Lipinski definition) is 2. The van der Waals surface area contributed by atoms with Crippen molar-refractivity contribution in [1.29, 1.82) is 0 Å². The summed E-state index contributed by atoms with van der Waals surface area (Å²) in [4.78, 5) is 18.0. The molecule has 26 heavy (non-hydrogen) atoms. The van der Waals surface area contributed by atoms with Gasteiger partial charge in [0, 0.05) is 25.3 Å². The lowest BCUT2D eigenvalue weighted by Gasteiger charge is -2.27. The number of nitrogens with two attached hydrogens (primary N) is 2. The van der Waals surface area contributed by atoms with Crippen molar-refractivity contribution in [3.8, 4) is 5.69 Å². The Balaban J connectivity index is 1.46. The maximum atomic E-state index is 14.6. The van der Waals surface area contributed by atoms with Gasteiger partial charge < -0.3 is 11.5 Å². The van der Waals surface area contributed by atoms with Crippen molar-refractivity contribution >= 4 is 5.82 Å². The zero-order valence-electron chi connectivity index (χ0n) is 14.8. The first-order valence-electron chi connectivity index (χ1n) is 9.06. The van der Waals surface area contributed by atoms with E-state index in [1.165, 1.54) is 22.9 Å². The molecular formula is C19H24FN5O. The van der Waals surface area contributed by atoms with Crippen molar-refractivity contribution in [3.63, 3.8) is 0 Å². The zero-order chi connectivity index (χ0) is 18.4. The van der Waals surface area contributed by atoms with Crippen LogP contribution in [0.4, 0.5) is 10.2 Å². The third-order valence-electron chi connectivity index (χ3n) is 5.95. The molecule has 4 N–H and O–H groups in total. The Bertz CT molecular complexity index is 870. The van der Waals surface area contributed by atoms with Crippen LogP contribution in [-0.4, -0.2) is 40.1 Å². The summed E-state index contributed by atoms with van der Waals surface area (Å²) in [6.07, 6.45) is 2.15. The number of nitrogens with zero attached hydrogens (tertiary/aromatic N) is 3. The minimum atomic E-state index is -0.517. The fraction of sp³-hybridized carbons (Fsp3) is 0.474. The van der Waals surface area contributed by atoms with E-state index in [0.717, 1.165) is 31.5 Å². The van der Waals surface area contributed by atoms with Gasteiger partial charge in [-0.05, 0) is 61.4 Å². The van der Waals surface area contributed by atoms with Crippen LogP contribution in [-0.2, 0) is 6.42 Å². The number of benzene rings is 1. The van der Waals surface area contributed by atoms with E-state index in [2.05, 4.69) is 16.8 Å². The topological polar surface area (TPSA) is 90.2 Å². The van der Waals surface area contributed by atoms with Gasteiger partial charge in [-0.15, -0.1) is 0 Å². The molecule has 0 bridgehead atoms. The second kappa shape index (κ2) is 6.48. The monoisotopic (exact) mass is 357 g/mol. The van der Waals surface area contributed by atoms with E-state index < -0.39 is 5.69 Å². The lowest BCUT2D eigenvalue weighted by Crippen LogP contribution is -2.35. The van der Waals surface area contributed by atoms with Crippen LogP contribution < -0.4 is 17.2 Å². The van der Waals surface area contributed by atoms with Gasteiger partial charge in [-0.3, -0.25) is 9.47 Å². The molecule has 0 amide bonds. The van der Waals surface area contributed by atoms with E-state index in [0.29, 0.717) is 23.6 Å². The molecule has 1 aliphatic heterocycles. The SMILES string of the molecule is CC(Cc1ccc(-n2ccc(N)nc2=O)cc1F)N1CC2C(CN)C2C1. The highest BCUT2D eigenvalue weighted by atomic mass is 19.1. The molecule has 1 saturated heterocycles. The maximum absolute atomic E-state index is 14.6. The molecule has 7 heteroatoms. The average Bonchev–Trinajstić information content (AvgIpc) is 3.07.